The molecule has 0 aliphatic carbocycles. The molecule has 1 N–H and O–H groups in total. The fourth-order valence-corrected chi connectivity index (χ4v) is 2.84. The van der Waals surface area contributed by atoms with Crippen molar-refractivity contribution in [2.45, 2.75) is 26.2 Å². The van der Waals surface area contributed by atoms with Gasteiger partial charge in [0, 0.05) is 31.8 Å². The van der Waals surface area contributed by atoms with Crippen LogP contribution in [0.5, 0.6) is 0 Å². The number of hydrogen-bond donors (Lipinski definition) is 1. The second kappa shape index (κ2) is 6.73. The normalized spacial score (nSPS) is 18.0. The first-order valence-corrected chi connectivity index (χ1v) is 7.94. The van der Waals surface area contributed by atoms with Crippen LogP contribution in [0.1, 0.15) is 25.6 Å². The first kappa shape index (κ1) is 15.4. The van der Waals surface area contributed by atoms with E-state index in [4.69, 9.17) is 0 Å². The fraction of sp³-hybridized carbons (Fsp3) is 0.412. The Labute approximate surface area is 135 Å². The summed E-state index contributed by atoms with van der Waals surface area (Å²) in [6.45, 7) is 3.33. The van der Waals surface area contributed by atoms with Crippen molar-refractivity contribution in [3.63, 3.8) is 0 Å². The molecule has 6 nitrogen and oxygen atoms in total. The SMILES string of the molecule is CCc1nc(-c2ccccn2)cc(N2CCCC(C(=O)O)C2)n1. The number of piperidine rings is 1. The summed E-state index contributed by atoms with van der Waals surface area (Å²) in [4.78, 5) is 26.8. The molecule has 2 aromatic heterocycles. The molecule has 0 radical (unpaired) electrons. The van der Waals surface area contributed by atoms with Crippen LogP contribution in [-0.2, 0) is 11.2 Å². The minimum absolute atomic E-state index is 0.331. The zero-order valence-electron chi connectivity index (χ0n) is 13.1. The molecule has 1 saturated heterocycles. The van der Waals surface area contributed by atoms with Crippen LogP contribution in [0.3, 0.4) is 0 Å². The maximum absolute atomic E-state index is 11.3. The predicted molar refractivity (Wildman–Crippen MR) is 87.2 cm³/mol. The highest BCUT2D eigenvalue weighted by Crippen LogP contribution is 2.25. The molecule has 0 spiro atoms. The van der Waals surface area contributed by atoms with Crippen LogP contribution >= 0.6 is 0 Å². The highest BCUT2D eigenvalue weighted by atomic mass is 16.4. The van der Waals surface area contributed by atoms with Crippen LogP contribution in [0.15, 0.2) is 30.5 Å². The van der Waals surface area contributed by atoms with Crippen molar-refractivity contribution in [3.05, 3.63) is 36.3 Å². The van der Waals surface area contributed by atoms with Crippen molar-refractivity contribution in [2.24, 2.45) is 5.92 Å². The van der Waals surface area contributed by atoms with E-state index in [1.807, 2.05) is 31.2 Å². The molecule has 1 unspecified atom stereocenters. The van der Waals surface area contributed by atoms with Gasteiger partial charge in [-0.1, -0.05) is 13.0 Å². The molecule has 0 bridgehead atoms. The number of carboxylic acid groups (broad SMARTS) is 1. The van der Waals surface area contributed by atoms with Gasteiger partial charge in [-0.3, -0.25) is 9.78 Å². The summed E-state index contributed by atoms with van der Waals surface area (Å²) < 4.78 is 0. The minimum Gasteiger partial charge on any atom is -0.481 e. The van der Waals surface area contributed by atoms with Gasteiger partial charge in [0.1, 0.15) is 11.6 Å². The van der Waals surface area contributed by atoms with Gasteiger partial charge in [-0.15, -0.1) is 0 Å². The second-order valence-electron chi connectivity index (χ2n) is 5.72. The molecule has 1 fully saturated rings. The number of aromatic nitrogens is 3. The third kappa shape index (κ3) is 3.47. The summed E-state index contributed by atoms with van der Waals surface area (Å²) in [6.07, 6.45) is 4.06. The summed E-state index contributed by atoms with van der Waals surface area (Å²) in [5, 5.41) is 9.27. The van der Waals surface area contributed by atoms with E-state index < -0.39 is 5.97 Å². The maximum Gasteiger partial charge on any atom is 0.308 e. The number of aryl methyl sites for hydroxylation is 1. The number of pyridine rings is 1. The molecule has 0 amide bonds. The highest BCUT2D eigenvalue weighted by molar-refractivity contribution is 5.71. The first-order valence-electron chi connectivity index (χ1n) is 7.94. The van der Waals surface area contributed by atoms with Crippen molar-refractivity contribution < 1.29 is 9.90 Å². The van der Waals surface area contributed by atoms with Crippen molar-refractivity contribution in [1.29, 1.82) is 0 Å². The topological polar surface area (TPSA) is 79.2 Å². The molecule has 3 rings (SSSR count). The molecular weight excluding hydrogens is 292 g/mol. The van der Waals surface area contributed by atoms with Crippen LogP contribution in [-0.4, -0.2) is 39.1 Å². The smallest absolute Gasteiger partial charge is 0.308 e. The largest absolute Gasteiger partial charge is 0.481 e. The Morgan fingerprint density at radius 2 is 2.22 bits per heavy atom. The van der Waals surface area contributed by atoms with Gasteiger partial charge < -0.3 is 10.0 Å². The lowest BCUT2D eigenvalue weighted by molar-refractivity contribution is -0.141. The molecule has 2 aromatic rings. The van der Waals surface area contributed by atoms with Gasteiger partial charge >= 0.3 is 5.97 Å². The monoisotopic (exact) mass is 312 g/mol. The predicted octanol–water partition coefficient (Wildman–Crippen LogP) is 2.40. The Bertz CT molecular complexity index is 690. The first-order chi connectivity index (χ1) is 11.2. The third-order valence-corrected chi connectivity index (χ3v) is 4.10. The van der Waals surface area contributed by atoms with E-state index in [-0.39, 0.29) is 5.92 Å². The van der Waals surface area contributed by atoms with E-state index in [0.717, 1.165) is 48.8 Å². The number of nitrogens with zero attached hydrogens (tertiary/aromatic N) is 4. The molecule has 23 heavy (non-hydrogen) atoms. The van der Waals surface area contributed by atoms with Gasteiger partial charge in [-0.25, -0.2) is 9.97 Å². The summed E-state index contributed by atoms with van der Waals surface area (Å²) >= 11 is 0. The lowest BCUT2D eigenvalue weighted by Crippen LogP contribution is -2.39. The average Bonchev–Trinajstić information content (AvgIpc) is 2.62. The maximum atomic E-state index is 11.3. The zero-order valence-corrected chi connectivity index (χ0v) is 13.1. The number of anilines is 1. The Balaban J connectivity index is 1.94. The number of hydrogen-bond acceptors (Lipinski definition) is 5. The van der Waals surface area contributed by atoms with Crippen LogP contribution in [0, 0.1) is 5.92 Å². The quantitative estimate of drug-likeness (QED) is 0.934. The highest BCUT2D eigenvalue weighted by Gasteiger charge is 2.26. The van der Waals surface area contributed by atoms with E-state index in [1.165, 1.54) is 0 Å². The number of rotatable bonds is 4. The van der Waals surface area contributed by atoms with Gasteiger partial charge in [0.05, 0.1) is 17.3 Å². The summed E-state index contributed by atoms with van der Waals surface area (Å²) in [6, 6.07) is 7.62. The van der Waals surface area contributed by atoms with Crippen molar-refractivity contribution in [2.75, 3.05) is 18.0 Å². The molecule has 1 atom stereocenters. The molecule has 0 saturated carbocycles. The van der Waals surface area contributed by atoms with Crippen LogP contribution in [0.2, 0.25) is 0 Å². The molecule has 1 aliphatic heterocycles. The van der Waals surface area contributed by atoms with Crippen molar-refractivity contribution >= 4 is 11.8 Å². The molecule has 3 heterocycles. The van der Waals surface area contributed by atoms with Gasteiger partial charge in [-0.05, 0) is 25.0 Å². The molecule has 6 heteroatoms. The number of carboxylic acids is 1. The van der Waals surface area contributed by atoms with Crippen LogP contribution in [0.25, 0.3) is 11.4 Å². The van der Waals surface area contributed by atoms with E-state index in [0.29, 0.717) is 6.54 Å². The van der Waals surface area contributed by atoms with Gasteiger partial charge in [0.15, 0.2) is 0 Å². The second-order valence-corrected chi connectivity index (χ2v) is 5.72. The summed E-state index contributed by atoms with van der Waals surface area (Å²) in [5.74, 6) is 0.482. The van der Waals surface area contributed by atoms with E-state index in [9.17, 15) is 9.90 Å². The van der Waals surface area contributed by atoms with E-state index >= 15 is 0 Å². The van der Waals surface area contributed by atoms with E-state index in [2.05, 4.69) is 19.9 Å². The lowest BCUT2D eigenvalue weighted by Gasteiger charge is -2.31. The molecule has 1 aliphatic rings. The number of aliphatic carboxylic acids is 1. The molecule has 120 valence electrons. The Kier molecular flexibility index (Phi) is 4.50. The van der Waals surface area contributed by atoms with Crippen LogP contribution in [0.4, 0.5) is 5.82 Å². The van der Waals surface area contributed by atoms with Crippen molar-refractivity contribution in [1.82, 2.24) is 15.0 Å². The number of carbonyl (C=O) groups is 1. The lowest BCUT2D eigenvalue weighted by atomic mass is 9.98. The average molecular weight is 312 g/mol. The van der Waals surface area contributed by atoms with Gasteiger partial charge in [0.2, 0.25) is 0 Å². The molecular formula is C17H20N4O2. The fourth-order valence-electron chi connectivity index (χ4n) is 2.84. The third-order valence-electron chi connectivity index (χ3n) is 4.10. The van der Waals surface area contributed by atoms with Crippen LogP contribution < -0.4 is 4.90 Å². The molecule has 0 aromatic carbocycles. The van der Waals surface area contributed by atoms with Crippen molar-refractivity contribution in [3.8, 4) is 11.4 Å². The van der Waals surface area contributed by atoms with Gasteiger partial charge in [-0.2, -0.15) is 0 Å². The Hall–Kier alpha value is -2.50. The van der Waals surface area contributed by atoms with Gasteiger partial charge in [0.25, 0.3) is 0 Å². The summed E-state index contributed by atoms with van der Waals surface area (Å²) in [7, 11) is 0. The minimum atomic E-state index is -0.732. The zero-order chi connectivity index (χ0) is 16.2. The Morgan fingerprint density at radius 1 is 1.35 bits per heavy atom. The van der Waals surface area contributed by atoms with E-state index in [1.54, 1.807) is 6.20 Å². The standard InChI is InChI=1S/C17H20N4O2/c1-2-15-19-14(13-7-3-4-8-18-13)10-16(20-15)21-9-5-6-12(11-21)17(22)23/h3-4,7-8,10,12H,2,5-6,9,11H2,1H3,(H,22,23). The summed E-state index contributed by atoms with van der Waals surface area (Å²) in [5.41, 5.74) is 1.59. The Morgan fingerprint density at radius 3 is 2.91 bits per heavy atom.